The highest BCUT2D eigenvalue weighted by atomic mass is 16.6. The van der Waals surface area contributed by atoms with Gasteiger partial charge < -0.3 is 15.5 Å². The van der Waals surface area contributed by atoms with Crippen molar-refractivity contribution in [3.05, 3.63) is 52.6 Å². The van der Waals surface area contributed by atoms with Crippen LogP contribution < -0.4 is 10.6 Å². The minimum Gasteiger partial charge on any atom is -0.334 e. The number of para-hydroxylation sites is 1. The topological polar surface area (TPSA) is 87.5 Å². The minimum absolute atomic E-state index is 0.0185. The molecule has 2 amide bonds. The zero-order chi connectivity index (χ0) is 16.7. The Morgan fingerprint density at radius 1 is 1.43 bits per heavy atom. The summed E-state index contributed by atoms with van der Waals surface area (Å²) in [6.45, 7) is 6.08. The molecule has 0 aliphatic carbocycles. The van der Waals surface area contributed by atoms with E-state index in [-0.39, 0.29) is 24.3 Å². The van der Waals surface area contributed by atoms with E-state index < -0.39 is 4.92 Å². The molecular formula is C16H22N4O3. The Bertz CT molecular complexity index is 570. The highest BCUT2D eigenvalue weighted by Crippen LogP contribution is 2.18. The van der Waals surface area contributed by atoms with Crippen LogP contribution in [0.25, 0.3) is 0 Å². The molecule has 1 heterocycles. The third kappa shape index (κ3) is 4.53. The van der Waals surface area contributed by atoms with E-state index in [2.05, 4.69) is 17.2 Å². The smallest absolute Gasteiger partial charge is 0.318 e. The lowest BCUT2D eigenvalue weighted by Crippen LogP contribution is -2.49. The van der Waals surface area contributed by atoms with Crippen LogP contribution in [0, 0.1) is 10.1 Å². The molecule has 0 saturated carbocycles. The summed E-state index contributed by atoms with van der Waals surface area (Å²) in [5.41, 5.74) is 0.514. The van der Waals surface area contributed by atoms with Crippen LogP contribution in [0.15, 0.2) is 36.9 Å². The molecule has 124 valence electrons. The molecule has 0 spiro atoms. The molecule has 23 heavy (non-hydrogen) atoms. The lowest BCUT2D eigenvalue weighted by Gasteiger charge is -2.34. The fraction of sp³-hybridized carbons (Fsp3) is 0.438. The van der Waals surface area contributed by atoms with Crippen LogP contribution in [0.4, 0.5) is 10.5 Å². The monoisotopic (exact) mass is 318 g/mol. The van der Waals surface area contributed by atoms with Gasteiger partial charge in [-0.1, -0.05) is 24.3 Å². The first-order chi connectivity index (χ1) is 11.1. The van der Waals surface area contributed by atoms with Crippen molar-refractivity contribution in [2.24, 2.45) is 0 Å². The molecule has 0 unspecified atom stereocenters. The van der Waals surface area contributed by atoms with E-state index in [1.54, 1.807) is 29.2 Å². The largest absolute Gasteiger partial charge is 0.334 e. The lowest BCUT2D eigenvalue weighted by molar-refractivity contribution is -0.385. The van der Waals surface area contributed by atoms with Crippen molar-refractivity contribution in [1.82, 2.24) is 15.5 Å². The third-order valence-electron chi connectivity index (χ3n) is 3.95. The van der Waals surface area contributed by atoms with E-state index in [0.717, 1.165) is 25.9 Å². The molecule has 2 N–H and O–H groups in total. The Balaban J connectivity index is 2.01. The normalized spacial score (nSPS) is 15.0. The fourth-order valence-corrected chi connectivity index (χ4v) is 2.77. The van der Waals surface area contributed by atoms with Gasteiger partial charge in [0.05, 0.1) is 11.5 Å². The van der Waals surface area contributed by atoms with Crippen LogP contribution in [-0.2, 0) is 6.54 Å². The fourth-order valence-electron chi connectivity index (χ4n) is 2.77. The molecule has 1 aromatic carbocycles. The Morgan fingerprint density at radius 2 is 2.13 bits per heavy atom. The lowest BCUT2D eigenvalue weighted by atomic mass is 10.1. The number of carbonyl (C=O) groups excluding carboxylic acids is 1. The predicted molar refractivity (Wildman–Crippen MR) is 88.1 cm³/mol. The number of amides is 2. The highest BCUT2D eigenvalue weighted by molar-refractivity contribution is 5.75. The van der Waals surface area contributed by atoms with Gasteiger partial charge in [0.2, 0.25) is 0 Å². The number of rotatable bonds is 6. The molecular weight excluding hydrogens is 296 g/mol. The number of benzene rings is 1. The summed E-state index contributed by atoms with van der Waals surface area (Å²) in [4.78, 5) is 24.8. The molecule has 2 rings (SSSR count). The number of hydrogen-bond acceptors (Lipinski definition) is 4. The minimum atomic E-state index is -0.435. The number of nitrogens with zero attached hydrogens (tertiary/aromatic N) is 2. The average Bonchev–Trinajstić information content (AvgIpc) is 2.58. The Labute approximate surface area is 135 Å². The van der Waals surface area contributed by atoms with Crippen LogP contribution in [0.1, 0.15) is 18.4 Å². The van der Waals surface area contributed by atoms with Crippen molar-refractivity contribution in [2.45, 2.75) is 25.4 Å². The molecule has 1 aliphatic rings. The van der Waals surface area contributed by atoms with E-state index in [9.17, 15) is 14.9 Å². The number of piperidine rings is 1. The summed E-state index contributed by atoms with van der Waals surface area (Å²) < 4.78 is 0. The molecule has 0 radical (unpaired) electrons. The Morgan fingerprint density at radius 3 is 2.78 bits per heavy atom. The van der Waals surface area contributed by atoms with Gasteiger partial charge in [0.1, 0.15) is 0 Å². The van der Waals surface area contributed by atoms with Crippen LogP contribution in [0.2, 0.25) is 0 Å². The van der Waals surface area contributed by atoms with E-state index in [1.807, 2.05) is 0 Å². The molecule has 0 atom stereocenters. The van der Waals surface area contributed by atoms with Gasteiger partial charge in [0.15, 0.2) is 0 Å². The van der Waals surface area contributed by atoms with Crippen LogP contribution in [0.5, 0.6) is 0 Å². The second-order valence-electron chi connectivity index (χ2n) is 5.47. The number of nitro benzene ring substituents is 1. The first-order valence-electron chi connectivity index (χ1n) is 7.72. The van der Waals surface area contributed by atoms with Gasteiger partial charge >= 0.3 is 6.03 Å². The van der Waals surface area contributed by atoms with Gasteiger partial charge in [0, 0.05) is 24.2 Å². The zero-order valence-electron chi connectivity index (χ0n) is 13.0. The standard InChI is InChI=1S/C16H22N4O3/c1-2-11-19(14-7-9-17-10-8-14)16(21)18-12-13-5-3-4-6-15(13)20(22)23/h2-6,14,17H,1,7-12H2,(H,18,21). The summed E-state index contributed by atoms with van der Waals surface area (Å²) in [6.07, 6.45) is 3.49. The van der Waals surface area contributed by atoms with Crippen molar-refractivity contribution in [3.63, 3.8) is 0 Å². The molecule has 1 saturated heterocycles. The van der Waals surface area contributed by atoms with E-state index in [1.165, 1.54) is 6.07 Å². The van der Waals surface area contributed by atoms with E-state index in [0.29, 0.717) is 12.1 Å². The summed E-state index contributed by atoms with van der Waals surface area (Å²) in [5.74, 6) is 0. The second-order valence-corrected chi connectivity index (χ2v) is 5.47. The van der Waals surface area contributed by atoms with Crippen molar-refractivity contribution in [1.29, 1.82) is 0 Å². The first kappa shape index (κ1) is 17.0. The highest BCUT2D eigenvalue weighted by Gasteiger charge is 2.24. The van der Waals surface area contributed by atoms with Crippen molar-refractivity contribution >= 4 is 11.7 Å². The molecule has 1 aliphatic heterocycles. The summed E-state index contributed by atoms with van der Waals surface area (Å²) >= 11 is 0. The average molecular weight is 318 g/mol. The summed E-state index contributed by atoms with van der Waals surface area (Å²) in [6, 6.07) is 6.39. The second kappa shape index (κ2) is 8.28. The molecule has 0 bridgehead atoms. The van der Waals surface area contributed by atoms with Crippen LogP contribution in [0.3, 0.4) is 0 Å². The van der Waals surface area contributed by atoms with Crippen molar-refractivity contribution < 1.29 is 9.72 Å². The first-order valence-corrected chi connectivity index (χ1v) is 7.72. The maximum atomic E-state index is 12.5. The molecule has 1 aromatic rings. The van der Waals surface area contributed by atoms with E-state index in [4.69, 9.17) is 0 Å². The van der Waals surface area contributed by atoms with Gasteiger partial charge in [0.25, 0.3) is 5.69 Å². The predicted octanol–water partition coefficient (Wildman–Crippen LogP) is 2.04. The quantitative estimate of drug-likeness (QED) is 0.477. The van der Waals surface area contributed by atoms with Gasteiger partial charge in [-0.2, -0.15) is 0 Å². The van der Waals surface area contributed by atoms with Gasteiger partial charge in [-0.25, -0.2) is 4.79 Å². The Hall–Kier alpha value is -2.41. The molecule has 7 heteroatoms. The molecule has 7 nitrogen and oxygen atoms in total. The molecule has 0 aromatic heterocycles. The summed E-state index contributed by atoms with van der Waals surface area (Å²) in [5, 5.41) is 17.1. The van der Waals surface area contributed by atoms with Crippen LogP contribution >= 0.6 is 0 Å². The van der Waals surface area contributed by atoms with Crippen molar-refractivity contribution in [3.8, 4) is 0 Å². The number of nitro groups is 1. The third-order valence-corrected chi connectivity index (χ3v) is 3.95. The summed E-state index contributed by atoms with van der Waals surface area (Å²) in [7, 11) is 0. The number of carbonyl (C=O) groups is 1. The Kier molecular flexibility index (Phi) is 6.10. The van der Waals surface area contributed by atoms with Gasteiger partial charge in [-0.15, -0.1) is 6.58 Å². The molecule has 1 fully saturated rings. The van der Waals surface area contributed by atoms with Gasteiger partial charge in [-0.05, 0) is 25.9 Å². The maximum absolute atomic E-state index is 12.5. The van der Waals surface area contributed by atoms with E-state index >= 15 is 0 Å². The van der Waals surface area contributed by atoms with Crippen molar-refractivity contribution in [2.75, 3.05) is 19.6 Å². The maximum Gasteiger partial charge on any atom is 0.318 e. The number of hydrogen-bond donors (Lipinski definition) is 2. The van der Waals surface area contributed by atoms with Gasteiger partial charge in [-0.3, -0.25) is 10.1 Å². The SMILES string of the molecule is C=CCN(C(=O)NCc1ccccc1[N+](=O)[O-])C1CCNCC1. The van der Waals surface area contributed by atoms with Crippen LogP contribution in [-0.4, -0.2) is 41.5 Å². The number of urea groups is 1. The zero-order valence-corrected chi connectivity index (χ0v) is 13.0. The number of nitrogens with one attached hydrogen (secondary N) is 2.